The maximum atomic E-state index is 10.4. The van der Waals surface area contributed by atoms with Crippen LogP contribution >= 0.6 is 11.8 Å². The number of carbonyl (C=O) groups is 1. The van der Waals surface area contributed by atoms with Crippen molar-refractivity contribution in [3.8, 4) is 0 Å². The Bertz CT molecular complexity index is 161. The second-order valence-electron chi connectivity index (χ2n) is 3.42. The average Bonchev–Trinajstić information content (AvgIpc) is 2.43. The van der Waals surface area contributed by atoms with Gasteiger partial charge >= 0.3 is 5.97 Å². The standard InChI is InChI=1S/C8H14O2S/c1-6(2)11-8(3-4-8)5-7(9)10/h6H,3-5H2,1-2H3,(H,9,10). The smallest absolute Gasteiger partial charge is 0.304 e. The van der Waals surface area contributed by atoms with Crippen LogP contribution in [-0.2, 0) is 4.79 Å². The highest BCUT2D eigenvalue weighted by Crippen LogP contribution is 2.52. The Kier molecular flexibility index (Phi) is 2.47. The Morgan fingerprint density at radius 1 is 1.64 bits per heavy atom. The van der Waals surface area contributed by atoms with Crippen LogP contribution in [0.4, 0.5) is 0 Å². The molecule has 0 aromatic rings. The zero-order valence-electron chi connectivity index (χ0n) is 6.96. The van der Waals surface area contributed by atoms with E-state index in [-0.39, 0.29) is 4.75 Å². The molecule has 0 amide bonds. The normalized spacial score (nSPS) is 20.3. The number of hydrogen-bond donors (Lipinski definition) is 1. The number of rotatable bonds is 4. The van der Waals surface area contributed by atoms with Crippen molar-refractivity contribution in [1.82, 2.24) is 0 Å². The summed E-state index contributed by atoms with van der Waals surface area (Å²) in [5.41, 5.74) is 0. The highest BCUT2D eigenvalue weighted by Gasteiger charge is 2.45. The van der Waals surface area contributed by atoms with Crippen LogP contribution in [0.3, 0.4) is 0 Å². The molecule has 0 aromatic heterocycles. The first kappa shape index (κ1) is 8.91. The van der Waals surface area contributed by atoms with Crippen molar-refractivity contribution in [2.24, 2.45) is 0 Å². The number of carboxylic acid groups (broad SMARTS) is 1. The van der Waals surface area contributed by atoms with E-state index >= 15 is 0 Å². The molecule has 0 bridgehead atoms. The zero-order valence-corrected chi connectivity index (χ0v) is 7.78. The molecule has 0 aromatic carbocycles. The van der Waals surface area contributed by atoms with Gasteiger partial charge in [-0.05, 0) is 18.1 Å². The summed E-state index contributed by atoms with van der Waals surface area (Å²) >= 11 is 1.82. The lowest BCUT2D eigenvalue weighted by molar-refractivity contribution is -0.137. The van der Waals surface area contributed by atoms with E-state index in [0.717, 1.165) is 12.8 Å². The first-order valence-corrected chi connectivity index (χ1v) is 4.82. The van der Waals surface area contributed by atoms with E-state index in [1.165, 1.54) is 0 Å². The molecule has 1 aliphatic carbocycles. The maximum Gasteiger partial charge on any atom is 0.304 e. The van der Waals surface area contributed by atoms with Crippen molar-refractivity contribution >= 4 is 17.7 Å². The third kappa shape index (κ3) is 2.73. The van der Waals surface area contributed by atoms with E-state index in [1.807, 2.05) is 11.8 Å². The van der Waals surface area contributed by atoms with Crippen molar-refractivity contribution in [3.05, 3.63) is 0 Å². The molecule has 2 nitrogen and oxygen atoms in total. The van der Waals surface area contributed by atoms with Gasteiger partial charge in [-0.2, -0.15) is 11.8 Å². The predicted octanol–water partition coefficient (Wildman–Crippen LogP) is 2.14. The van der Waals surface area contributed by atoms with Crippen molar-refractivity contribution in [2.45, 2.75) is 43.1 Å². The van der Waals surface area contributed by atoms with Crippen LogP contribution in [0.5, 0.6) is 0 Å². The molecule has 1 N–H and O–H groups in total. The lowest BCUT2D eigenvalue weighted by Crippen LogP contribution is -2.13. The zero-order chi connectivity index (χ0) is 8.48. The molecule has 0 aliphatic heterocycles. The molecule has 64 valence electrons. The van der Waals surface area contributed by atoms with Gasteiger partial charge in [0.2, 0.25) is 0 Å². The molecular formula is C8H14O2S. The Morgan fingerprint density at radius 3 is 2.45 bits per heavy atom. The minimum atomic E-state index is -0.657. The highest BCUT2D eigenvalue weighted by molar-refractivity contribution is 8.01. The molecule has 0 radical (unpaired) electrons. The van der Waals surface area contributed by atoms with Crippen LogP contribution in [0.25, 0.3) is 0 Å². The van der Waals surface area contributed by atoms with Gasteiger partial charge in [-0.3, -0.25) is 4.79 Å². The summed E-state index contributed by atoms with van der Waals surface area (Å²) in [5.74, 6) is -0.657. The molecule has 1 rings (SSSR count). The largest absolute Gasteiger partial charge is 0.481 e. The summed E-state index contributed by atoms with van der Waals surface area (Å²) in [6.45, 7) is 4.24. The number of carboxylic acids is 1. The Balaban J connectivity index is 2.35. The molecule has 0 spiro atoms. The number of thioether (sulfide) groups is 1. The summed E-state index contributed by atoms with van der Waals surface area (Å²) < 4.78 is 0.111. The average molecular weight is 174 g/mol. The van der Waals surface area contributed by atoms with Crippen LogP contribution < -0.4 is 0 Å². The first-order valence-electron chi connectivity index (χ1n) is 3.94. The topological polar surface area (TPSA) is 37.3 Å². The third-order valence-corrected chi connectivity index (χ3v) is 3.29. The number of aliphatic carboxylic acids is 1. The van der Waals surface area contributed by atoms with Gasteiger partial charge in [0.25, 0.3) is 0 Å². The SMILES string of the molecule is CC(C)SC1(CC(=O)O)CC1. The molecular weight excluding hydrogens is 160 g/mol. The van der Waals surface area contributed by atoms with Gasteiger partial charge in [0, 0.05) is 4.75 Å². The highest BCUT2D eigenvalue weighted by atomic mass is 32.2. The second kappa shape index (κ2) is 3.05. The van der Waals surface area contributed by atoms with Crippen LogP contribution in [0.15, 0.2) is 0 Å². The summed E-state index contributed by atoms with van der Waals surface area (Å²) in [6.07, 6.45) is 2.51. The van der Waals surface area contributed by atoms with E-state index < -0.39 is 5.97 Å². The Hall–Kier alpha value is -0.180. The van der Waals surface area contributed by atoms with E-state index in [4.69, 9.17) is 5.11 Å². The van der Waals surface area contributed by atoms with E-state index in [9.17, 15) is 4.79 Å². The van der Waals surface area contributed by atoms with Crippen LogP contribution in [0.1, 0.15) is 33.1 Å². The van der Waals surface area contributed by atoms with Crippen LogP contribution in [0, 0.1) is 0 Å². The third-order valence-electron chi connectivity index (χ3n) is 1.77. The first-order chi connectivity index (χ1) is 5.04. The lowest BCUT2D eigenvalue weighted by Gasteiger charge is -2.14. The van der Waals surface area contributed by atoms with E-state index in [0.29, 0.717) is 11.7 Å². The van der Waals surface area contributed by atoms with Crippen molar-refractivity contribution < 1.29 is 9.90 Å². The maximum absolute atomic E-state index is 10.4. The molecule has 1 saturated carbocycles. The van der Waals surface area contributed by atoms with E-state index in [2.05, 4.69) is 13.8 Å². The summed E-state index contributed by atoms with van der Waals surface area (Å²) in [7, 11) is 0. The van der Waals surface area contributed by atoms with Gasteiger partial charge < -0.3 is 5.11 Å². The fourth-order valence-electron chi connectivity index (χ4n) is 1.25. The minimum Gasteiger partial charge on any atom is -0.481 e. The molecule has 0 heterocycles. The van der Waals surface area contributed by atoms with Gasteiger partial charge in [0.1, 0.15) is 0 Å². The molecule has 1 fully saturated rings. The molecule has 0 atom stereocenters. The fourth-order valence-corrected chi connectivity index (χ4v) is 2.80. The summed E-state index contributed by atoms with van der Waals surface area (Å²) in [4.78, 5) is 10.4. The number of hydrogen-bond acceptors (Lipinski definition) is 2. The summed E-state index contributed by atoms with van der Waals surface area (Å²) in [6, 6.07) is 0. The molecule has 11 heavy (non-hydrogen) atoms. The van der Waals surface area contributed by atoms with Crippen molar-refractivity contribution in [3.63, 3.8) is 0 Å². The minimum absolute atomic E-state index is 0.111. The van der Waals surface area contributed by atoms with Crippen LogP contribution in [-0.4, -0.2) is 21.1 Å². The molecule has 3 heteroatoms. The van der Waals surface area contributed by atoms with Crippen LogP contribution in [0.2, 0.25) is 0 Å². The second-order valence-corrected chi connectivity index (χ2v) is 5.46. The van der Waals surface area contributed by atoms with Crippen molar-refractivity contribution in [1.29, 1.82) is 0 Å². The Labute approximate surface area is 71.4 Å². The predicted molar refractivity (Wildman–Crippen MR) is 46.9 cm³/mol. The quantitative estimate of drug-likeness (QED) is 0.709. The Morgan fingerprint density at radius 2 is 2.18 bits per heavy atom. The van der Waals surface area contributed by atoms with Gasteiger partial charge in [-0.25, -0.2) is 0 Å². The molecule has 0 unspecified atom stereocenters. The van der Waals surface area contributed by atoms with Gasteiger partial charge in [0.15, 0.2) is 0 Å². The van der Waals surface area contributed by atoms with Gasteiger partial charge in [0.05, 0.1) is 6.42 Å². The monoisotopic (exact) mass is 174 g/mol. The molecule has 0 saturated heterocycles. The van der Waals surface area contributed by atoms with Gasteiger partial charge in [-0.15, -0.1) is 0 Å². The summed E-state index contributed by atoms with van der Waals surface area (Å²) in [5, 5.41) is 9.14. The van der Waals surface area contributed by atoms with Crippen molar-refractivity contribution in [2.75, 3.05) is 0 Å². The lowest BCUT2D eigenvalue weighted by atomic mass is 10.3. The molecule has 1 aliphatic rings. The van der Waals surface area contributed by atoms with E-state index in [1.54, 1.807) is 0 Å². The fraction of sp³-hybridized carbons (Fsp3) is 0.875. The van der Waals surface area contributed by atoms with Gasteiger partial charge in [-0.1, -0.05) is 13.8 Å².